The van der Waals surface area contributed by atoms with Crippen LogP contribution < -0.4 is 0 Å². The lowest BCUT2D eigenvalue weighted by molar-refractivity contribution is 0.618. The summed E-state index contributed by atoms with van der Waals surface area (Å²) >= 11 is 6.05. The van der Waals surface area contributed by atoms with Gasteiger partial charge in [-0.3, -0.25) is 10.8 Å². The zero-order valence-electron chi connectivity index (χ0n) is 9.14. The van der Waals surface area contributed by atoms with Gasteiger partial charge in [-0.1, -0.05) is 17.7 Å². The maximum atomic E-state index is 13.5. The molecule has 0 aromatic heterocycles. The summed E-state index contributed by atoms with van der Waals surface area (Å²) in [5.41, 5.74) is 1.91. The summed E-state index contributed by atoms with van der Waals surface area (Å²) in [4.78, 5) is 0. The summed E-state index contributed by atoms with van der Waals surface area (Å²) in [5.74, 6) is -0.328. The first-order valence-electron chi connectivity index (χ1n) is 5.02. The molecule has 0 fully saturated rings. The molecule has 0 unspecified atom stereocenters. The van der Waals surface area contributed by atoms with Gasteiger partial charge in [0.15, 0.2) is 0 Å². The van der Waals surface area contributed by atoms with Gasteiger partial charge >= 0.3 is 0 Å². The van der Waals surface area contributed by atoms with Gasteiger partial charge in [0.1, 0.15) is 5.82 Å². The fourth-order valence-electron chi connectivity index (χ4n) is 1.58. The summed E-state index contributed by atoms with van der Waals surface area (Å²) in [7, 11) is 0. The van der Waals surface area contributed by atoms with Gasteiger partial charge in [0.25, 0.3) is 0 Å². The van der Waals surface area contributed by atoms with E-state index in [0.717, 1.165) is 0 Å². The van der Waals surface area contributed by atoms with E-state index in [2.05, 4.69) is 0 Å². The molecule has 1 aliphatic rings. The fourth-order valence-corrected chi connectivity index (χ4v) is 1.91. The van der Waals surface area contributed by atoms with Crippen LogP contribution in [0.4, 0.5) is 4.39 Å². The molecule has 1 aromatic carbocycles. The van der Waals surface area contributed by atoms with E-state index >= 15 is 0 Å². The smallest absolute Gasteiger partial charge is 0.126 e. The third-order valence-corrected chi connectivity index (χ3v) is 2.89. The molecule has 1 aromatic rings. The van der Waals surface area contributed by atoms with Crippen molar-refractivity contribution in [1.29, 1.82) is 10.8 Å². The molecule has 0 aliphatic heterocycles. The first-order chi connectivity index (χ1) is 7.99. The Labute approximate surface area is 103 Å². The Morgan fingerprint density at radius 2 is 1.82 bits per heavy atom. The summed E-state index contributed by atoms with van der Waals surface area (Å²) in [6.45, 7) is 1.65. The molecule has 2 rings (SSSR count). The zero-order valence-corrected chi connectivity index (χ0v) is 9.90. The molecule has 0 bridgehead atoms. The first kappa shape index (κ1) is 11.7. The Morgan fingerprint density at radius 3 is 2.47 bits per heavy atom. The van der Waals surface area contributed by atoms with Crippen LogP contribution in [0.3, 0.4) is 0 Å². The van der Waals surface area contributed by atoms with Crippen LogP contribution in [0.15, 0.2) is 30.4 Å². The van der Waals surface area contributed by atoms with E-state index in [1.54, 1.807) is 19.1 Å². The average Bonchev–Trinajstić information content (AvgIpc) is 2.27. The third kappa shape index (κ3) is 2.19. The van der Waals surface area contributed by atoms with E-state index < -0.39 is 0 Å². The van der Waals surface area contributed by atoms with Crippen LogP contribution >= 0.6 is 11.6 Å². The number of halogens is 2. The Morgan fingerprint density at radius 1 is 1.12 bits per heavy atom. The predicted molar refractivity (Wildman–Crippen MR) is 68.7 cm³/mol. The van der Waals surface area contributed by atoms with E-state index in [9.17, 15) is 4.39 Å². The van der Waals surface area contributed by atoms with Crippen LogP contribution in [0.5, 0.6) is 0 Å². The number of nitrogens with one attached hydrogen (secondary N) is 2. The molecule has 0 amide bonds. The van der Waals surface area contributed by atoms with Crippen molar-refractivity contribution >= 4 is 28.6 Å². The van der Waals surface area contributed by atoms with Gasteiger partial charge in [-0.15, -0.1) is 0 Å². The Kier molecular flexibility index (Phi) is 2.94. The number of hydrogen-bond donors (Lipinski definition) is 2. The highest BCUT2D eigenvalue weighted by atomic mass is 35.5. The van der Waals surface area contributed by atoms with E-state index in [1.165, 1.54) is 18.2 Å². The SMILES string of the molecule is Cc1cc(Cl)c(C2=CC(=N)C(=N)C=C2)cc1F. The van der Waals surface area contributed by atoms with Crippen LogP contribution in [0.25, 0.3) is 5.57 Å². The second-order valence-electron chi connectivity index (χ2n) is 3.84. The van der Waals surface area contributed by atoms with Crippen molar-refractivity contribution in [2.75, 3.05) is 0 Å². The van der Waals surface area contributed by atoms with Crippen LogP contribution in [0.2, 0.25) is 5.02 Å². The molecule has 2 N–H and O–H groups in total. The number of allylic oxidation sites excluding steroid dienone is 4. The molecule has 0 atom stereocenters. The Hall–Kier alpha value is -1.74. The quantitative estimate of drug-likeness (QED) is 0.711. The topological polar surface area (TPSA) is 47.7 Å². The largest absolute Gasteiger partial charge is 0.299 e. The van der Waals surface area contributed by atoms with Gasteiger partial charge < -0.3 is 0 Å². The van der Waals surface area contributed by atoms with E-state index in [4.69, 9.17) is 22.4 Å². The van der Waals surface area contributed by atoms with E-state index in [0.29, 0.717) is 21.7 Å². The minimum Gasteiger partial charge on any atom is -0.299 e. The zero-order chi connectivity index (χ0) is 12.6. The molecule has 0 spiro atoms. The van der Waals surface area contributed by atoms with Crippen LogP contribution in [-0.4, -0.2) is 11.4 Å². The average molecular weight is 249 g/mol. The molecular formula is C13H10ClFN2. The first-order valence-corrected chi connectivity index (χ1v) is 5.40. The summed E-state index contributed by atoms with van der Waals surface area (Å²) in [6.07, 6.45) is 4.68. The molecule has 0 radical (unpaired) electrons. The second-order valence-corrected chi connectivity index (χ2v) is 4.25. The van der Waals surface area contributed by atoms with Gasteiger partial charge in [-0.05, 0) is 42.3 Å². The second kappa shape index (κ2) is 4.26. The molecule has 0 saturated heterocycles. The van der Waals surface area contributed by atoms with Crippen molar-refractivity contribution in [1.82, 2.24) is 0 Å². The van der Waals surface area contributed by atoms with Gasteiger partial charge in [-0.25, -0.2) is 4.39 Å². The van der Waals surface area contributed by atoms with Crippen LogP contribution in [0, 0.1) is 23.6 Å². The van der Waals surface area contributed by atoms with Crippen molar-refractivity contribution in [2.45, 2.75) is 6.92 Å². The minimum atomic E-state index is -0.328. The normalized spacial score (nSPS) is 15.1. The van der Waals surface area contributed by atoms with Crippen molar-refractivity contribution in [3.8, 4) is 0 Å². The highest BCUT2D eigenvalue weighted by Crippen LogP contribution is 2.28. The van der Waals surface area contributed by atoms with Gasteiger partial charge in [-0.2, -0.15) is 0 Å². The maximum absolute atomic E-state index is 13.5. The lowest BCUT2D eigenvalue weighted by Crippen LogP contribution is -2.09. The summed E-state index contributed by atoms with van der Waals surface area (Å²) in [5, 5.41) is 15.4. The lowest BCUT2D eigenvalue weighted by atomic mass is 9.96. The summed E-state index contributed by atoms with van der Waals surface area (Å²) in [6, 6.07) is 2.92. The standard InChI is InChI=1S/C13H10ClFN2/c1-7-4-10(14)9(6-11(7)15)8-2-3-12(16)13(17)5-8/h2-6,16-17H,1H3. The lowest BCUT2D eigenvalue weighted by Gasteiger charge is -2.11. The fraction of sp³-hybridized carbons (Fsp3) is 0.0769. The highest BCUT2D eigenvalue weighted by Gasteiger charge is 2.13. The minimum absolute atomic E-state index is 0.0968. The molecule has 0 heterocycles. The van der Waals surface area contributed by atoms with E-state index in [-0.39, 0.29) is 17.2 Å². The van der Waals surface area contributed by atoms with Crippen LogP contribution in [0.1, 0.15) is 11.1 Å². The predicted octanol–water partition coefficient (Wildman–Crippen LogP) is 3.78. The highest BCUT2D eigenvalue weighted by molar-refractivity contribution is 6.50. The molecule has 1 aliphatic carbocycles. The number of benzene rings is 1. The number of aryl methyl sites for hydroxylation is 1. The number of hydrogen-bond acceptors (Lipinski definition) is 2. The molecular weight excluding hydrogens is 239 g/mol. The van der Waals surface area contributed by atoms with Gasteiger partial charge in [0.2, 0.25) is 0 Å². The maximum Gasteiger partial charge on any atom is 0.126 e. The summed E-state index contributed by atoms with van der Waals surface area (Å²) < 4.78 is 13.5. The van der Waals surface area contributed by atoms with Gasteiger partial charge in [0.05, 0.1) is 11.4 Å². The molecule has 86 valence electrons. The van der Waals surface area contributed by atoms with Crippen molar-refractivity contribution in [3.05, 3.63) is 52.3 Å². The van der Waals surface area contributed by atoms with E-state index in [1.807, 2.05) is 0 Å². The third-order valence-electron chi connectivity index (χ3n) is 2.58. The Balaban J connectivity index is 2.53. The monoisotopic (exact) mass is 248 g/mol. The molecule has 4 heteroatoms. The molecule has 0 saturated carbocycles. The number of rotatable bonds is 1. The van der Waals surface area contributed by atoms with Gasteiger partial charge in [0, 0.05) is 10.6 Å². The molecule has 17 heavy (non-hydrogen) atoms. The van der Waals surface area contributed by atoms with Crippen molar-refractivity contribution in [2.24, 2.45) is 0 Å². The van der Waals surface area contributed by atoms with Crippen molar-refractivity contribution < 1.29 is 4.39 Å². The molecule has 2 nitrogen and oxygen atoms in total. The van der Waals surface area contributed by atoms with Crippen molar-refractivity contribution in [3.63, 3.8) is 0 Å². The van der Waals surface area contributed by atoms with Crippen LogP contribution in [-0.2, 0) is 0 Å². The Bertz CT molecular complexity index is 585.